The summed E-state index contributed by atoms with van der Waals surface area (Å²) in [6, 6.07) is 12.9. The van der Waals surface area contributed by atoms with Crippen LogP contribution in [0.4, 0.5) is 4.39 Å². The summed E-state index contributed by atoms with van der Waals surface area (Å²) in [5.74, 6) is 5.55. The van der Waals surface area contributed by atoms with E-state index in [9.17, 15) is 4.39 Å². The maximum Gasteiger partial charge on any atom is 0.139 e. The van der Waals surface area contributed by atoms with Gasteiger partial charge >= 0.3 is 0 Å². The fourth-order valence-electron chi connectivity index (χ4n) is 1.50. The van der Waals surface area contributed by atoms with Crippen molar-refractivity contribution in [3.63, 3.8) is 0 Å². The largest absolute Gasteiger partial charge is 0.206 e. The van der Waals surface area contributed by atoms with Crippen molar-refractivity contribution in [3.8, 4) is 11.8 Å². The van der Waals surface area contributed by atoms with E-state index in [1.54, 1.807) is 6.07 Å². The molecule has 0 aliphatic rings. The van der Waals surface area contributed by atoms with Gasteiger partial charge in [0.1, 0.15) is 5.82 Å². The topological polar surface area (TPSA) is 0 Å². The molecule has 0 nitrogen and oxygen atoms in total. The van der Waals surface area contributed by atoms with Gasteiger partial charge in [0.2, 0.25) is 0 Å². The molecule has 2 aromatic rings. The number of hydrogen-bond acceptors (Lipinski definition) is 0. The summed E-state index contributed by atoms with van der Waals surface area (Å²) in [4.78, 5) is 0. The molecule has 1 heteroatoms. The summed E-state index contributed by atoms with van der Waals surface area (Å²) in [7, 11) is 0. The average Bonchev–Trinajstić information content (AvgIpc) is 2.30. The Balaban J connectivity index is 2.29. The minimum absolute atomic E-state index is 0.260. The first-order valence-corrected chi connectivity index (χ1v) is 5.50. The molecule has 0 bridgehead atoms. The van der Waals surface area contributed by atoms with Gasteiger partial charge in [-0.25, -0.2) is 4.39 Å². The molecule has 2 rings (SSSR count). The fraction of sp³-hybridized carbons (Fsp3) is 0.125. The van der Waals surface area contributed by atoms with Gasteiger partial charge < -0.3 is 0 Å². The van der Waals surface area contributed by atoms with Crippen molar-refractivity contribution in [2.24, 2.45) is 0 Å². The predicted molar refractivity (Wildman–Crippen MR) is 68.3 cm³/mol. The van der Waals surface area contributed by atoms with E-state index < -0.39 is 0 Å². The Morgan fingerprint density at radius 1 is 0.824 bits per heavy atom. The van der Waals surface area contributed by atoms with Crippen molar-refractivity contribution in [3.05, 3.63) is 70.5 Å². The summed E-state index contributed by atoms with van der Waals surface area (Å²) in [6.07, 6.45) is 0. The van der Waals surface area contributed by atoms with E-state index in [0.717, 1.165) is 11.1 Å². The van der Waals surface area contributed by atoms with Crippen LogP contribution in [0.5, 0.6) is 0 Å². The molecule has 84 valence electrons. The number of benzene rings is 2. The van der Waals surface area contributed by atoms with Crippen LogP contribution < -0.4 is 0 Å². The van der Waals surface area contributed by atoms with Gasteiger partial charge in [0.05, 0.1) is 5.56 Å². The minimum Gasteiger partial charge on any atom is -0.206 e. The van der Waals surface area contributed by atoms with Gasteiger partial charge in [-0.2, -0.15) is 0 Å². The standard InChI is InChI=1S/C16H13F/c1-12-3-6-14(7-4-12)8-10-15-9-5-13(2)11-16(15)17/h3-7,9,11H,1-2H3. The van der Waals surface area contributed by atoms with Gasteiger partial charge in [0.15, 0.2) is 0 Å². The van der Waals surface area contributed by atoms with Crippen molar-refractivity contribution in [1.82, 2.24) is 0 Å². The minimum atomic E-state index is -0.260. The van der Waals surface area contributed by atoms with Crippen LogP contribution in [0.2, 0.25) is 0 Å². The number of rotatable bonds is 0. The highest BCUT2D eigenvalue weighted by Crippen LogP contribution is 2.09. The number of aryl methyl sites for hydroxylation is 2. The molecule has 0 amide bonds. The fourth-order valence-corrected chi connectivity index (χ4v) is 1.50. The van der Waals surface area contributed by atoms with Gasteiger partial charge in [-0.3, -0.25) is 0 Å². The second kappa shape index (κ2) is 4.84. The molecule has 0 heterocycles. The molecule has 2 aromatic carbocycles. The zero-order chi connectivity index (χ0) is 12.3. The Hall–Kier alpha value is -2.07. The van der Waals surface area contributed by atoms with Gasteiger partial charge in [0.25, 0.3) is 0 Å². The second-order valence-electron chi connectivity index (χ2n) is 4.10. The highest BCUT2D eigenvalue weighted by molar-refractivity contribution is 5.44. The van der Waals surface area contributed by atoms with Crippen LogP contribution in [0, 0.1) is 31.5 Å². The molecule has 17 heavy (non-hydrogen) atoms. The van der Waals surface area contributed by atoms with Crippen LogP contribution in [0.1, 0.15) is 22.3 Å². The normalized spacial score (nSPS) is 9.59. The van der Waals surface area contributed by atoms with Crippen LogP contribution in [-0.4, -0.2) is 0 Å². The first-order valence-electron chi connectivity index (χ1n) is 5.50. The number of halogens is 1. The molecule has 0 aliphatic heterocycles. The van der Waals surface area contributed by atoms with E-state index in [4.69, 9.17) is 0 Å². The molecule has 0 atom stereocenters. The zero-order valence-corrected chi connectivity index (χ0v) is 9.92. The second-order valence-corrected chi connectivity index (χ2v) is 4.10. The Morgan fingerprint density at radius 3 is 2.12 bits per heavy atom. The van der Waals surface area contributed by atoms with E-state index >= 15 is 0 Å². The molecular weight excluding hydrogens is 211 g/mol. The summed E-state index contributed by atoms with van der Waals surface area (Å²) in [5, 5.41) is 0. The summed E-state index contributed by atoms with van der Waals surface area (Å²) < 4.78 is 13.5. The smallest absolute Gasteiger partial charge is 0.139 e. The van der Waals surface area contributed by atoms with Crippen LogP contribution >= 0.6 is 0 Å². The summed E-state index contributed by atoms with van der Waals surface area (Å²) in [5.41, 5.74) is 3.44. The van der Waals surface area contributed by atoms with Gasteiger partial charge in [-0.1, -0.05) is 35.6 Å². The molecule has 0 radical (unpaired) electrons. The van der Waals surface area contributed by atoms with Gasteiger partial charge in [-0.05, 0) is 43.7 Å². The lowest BCUT2D eigenvalue weighted by Gasteiger charge is -1.96. The first-order chi connectivity index (χ1) is 8.15. The quantitative estimate of drug-likeness (QED) is 0.596. The molecule has 0 aliphatic carbocycles. The molecule has 0 fully saturated rings. The monoisotopic (exact) mass is 224 g/mol. The van der Waals surface area contributed by atoms with E-state index in [1.165, 1.54) is 11.6 Å². The van der Waals surface area contributed by atoms with Crippen LogP contribution in [0.25, 0.3) is 0 Å². The molecule has 0 aromatic heterocycles. The zero-order valence-electron chi connectivity index (χ0n) is 9.92. The highest BCUT2D eigenvalue weighted by Gasteiger charge is 1.97. The van der Waals surface area contributed by atoms with Crippen molar-refractivity contribution < 1.29 is 4.39 Å². The van der Waals surface area contributed by atoms with E-state index in [-0.39, 0.29) is 5.82 Å². The molecule has 0 N–H and O–H groups in total. The third-order valence-electron chi connectivity index (χ3n) is 2.52. The lowest BCUT2D eigenvalue weighted by atomic mass is 10.1. The van der Waals surface area contributed by atoms with Gasteiger partial charge in [0, 0.05) is 5.56 Å². The first kappa shape index (κ1) is 11.4. The third-order valence-corrected chi connectivity index (χ3v) is 2.52. The highest BCUT2D eigenvalue weighted by atomic mass is 19.1. The van der Waals surface area contributed by atoms with Crippen LogP contribution in [-0.2, 0) is 0 Å². The maximum absolute atomic E-state index is 13.5. The maximum atomic E-state index is 13.5. The molecular formula is C16H13F. The Labute approximate surface area is 101 Å². The van der Waals surface area contributed by atoms with Crippen molar-refractivity contribution in [2.75, 3.05) is 0 Å². The van der Waals surface area contributed by atoms with E-state index in [2.05, 4.69) is 11.8 Å². The SMILES string of the molecule is Cc1ccc(C#Cc2ccc(C)cc2F)cc1. The molecule has 0 saturated heterocycles. The van der Waals surface area contributed by atoms with Crippen molar-refractivity contribution in [2.45, 2.75) is 13.8 Å². The van der Waals surface area contributed by atoms with Crippen molar-refractivity contribution >= 4 is 0 Å². The van der Waals surface area contributed by atoms with Crippen molar-refractivity contribution in [1.29, 1.82) is 0 Å². The molecule has 0 spiro atoms. The molecule has 0 saturated carbocycles. The lowest BCUT2D eigenvalue weighted by Crippen LogP contribution is -1.84. The average molecular weight is 224 g/mol. The molecule has 0 unspecified atom stereocenters. The number of hydrogen-bond donors (Lipinski definition) is 0. The lowest BCUT2D eigenvalue weighted by molar-refractivity contribution is 0.623. The van der Waals surface area contributed by atoms with Crippen LogP contribution in [0.15, 0.2) is 42.5 Å². The summed E-state index contributed by atoms with van der Waals surface area (Å²) >= 11 is 0. The van der Waals surface area contributed by atoms with Crippen LogP contribution in [0.3, 0.4) is 0 Å². The Bertz CT molecular complexity index is 583. The Morgan fingerprint density at radius 2 is 1.47 bits per heavy atom. The van der Waals surface area contributed by atoms with E-state index in [0.29, 0.717) is 5.56 Å². The summed E-state index contributed by atoms with van der Waals surface area (Å²) in [6.45, 7) is 3.89. The predicted octanol–water partition coefficient (Wildman–Crippen LogP) is 3.84. The third kappa shape index (κ3) is 2.95. The van der Waals surface area contributed by atoms with Gasteiger partial charge in [-0.15, -0.1) is 0 Å². The van der Waals surface area contributed by atoms with E-state index in [1.807, 2.05) is 44.2 Å². The Kier molecular flexibility index (Phi) is 3.25.